The third-order valence-electron chi connectivity index (χ3n) is 3.12. The molecule has 0 aliphatic carbocycles. The molecule has 0 unspecified atom stereocenters. The lowest BCUT2D eigenvalue weighted by atomic mass is 9.84. The number of carboxylic acid groups (broad SMARTS) is 1. The van der Waals surface area contributed by atoms with Crippen molar-refractivity contribution in [3.63, 3.8) is 0 Å². The lowest BCUT2D eigenvalue weighted by Crippen LogP contribution is -2.31. The number of benzene rings is 1. The molecule has 1 N–H and O–H groups in total. The van der Waals surface area contributed by atoms with E-state index in [-0.39, 0.29) is 16.5 Å². The van der Waals surface area contributed by atoms with Gasteiger partial charge in [-0.1, -0.05) is 11.6 Å². The van der Waals surface area contributed by atoms with Gasteiger partial charge in [0.25, 0.3) is 5.92 Å². The summed E-state index contributed by atoms with van der Waals surface area (Å²) in [5, 5.41) is 8.93. The third kappa shape index (κ3) is 3.56. The minimum absolute atomic E-state index is 0.0784. The number of hydrogen-bond donors (Lipinski definition) is 1. The highest BCUT2D eigenvalue weighted by Crippen LogP contribution is 2.47. The molecule has 0 amide bonds. The van der Waals surface area contributed by atoms with Crippen LogP contribution in [0.2, 0.25) is 5.02 Å². The summed E-state index contributed by atoms with van der Waals surface area (Å²) in [7, 11) is 2.56. The van der Waals surface area contributed by atoms with Crippen molar-refractivity contribution in [2.45, 2.75) is 26.2 Å². The van der Waals surface area contributed by atoms with Crippen molar-refractivity contribution in [3.8, 4) is 11.5 Å². The predicted molar refractivity (Wildman–Crippen MR) is 74.5 cm³/mol. The van der Waals surface area contributed by atoms with Crippen LogP contribution in [0, 0.1) is 5.41 Å². The van der Waals surface area contributed by atoms with Gasteiger partial charge in [0.15, 0.2) is 0 Å². The molecule has 0 saturated heterocycles. The van der Waals surface area contributed by atoms with Gasteiger partial charge >= 0.3 is 5.97 Å². The second-order valence-electron chi connectivity index (χ2n) is 5.23. The summed E-state index contributed by atoms with van der Waals surface area (Å²) in [5.41, 5.74) is -2.06. The molecule has 1 rings (SSSR count). The Kier molecular flexibility index (Phi) is 5.04. The Morgan fingerprint density at radius 3 is 2.29 bits per heavy atom. The zero-order chi connectivity index (χ0) is 16.4. The van der Waals surface area contributed by atoms with Gasteiger partial charge in [-0.3, -0.25) is 4.79 Å². The molecule has 0 atom stereocenters. The maximum absolute atomic E-state index is 14.4. The maximum Gasteiger partial charge on any atom is 0.309 e. The molecule has 0 bridgehead atoms. The Labute approximate surface area is 126 Å². The normalized spacial score (nSPS) is 12.1. The Hall–Kier alpha value is -1.56. The first-order valence-corrected chi connectivity index (χ1v) is 6.47. The smallest absolute Gasteiger partial charge is 0.309 e. The highest BCUT2D eigenvalue weighted by Gasteiger charge is 2.44. The second kappa shape index (κ2) is 6.05. The number of ether oxygens (including phenoxy) is 2. The topological polar surface area (TPSA) is 55.8 Å². The van der Waals surface area contributed by atoms with E-state index in [4.69, 9.17) is 26.2 Å². The lowest BCUT2D eigenvalue weighted by molar-refractivity contribution is -0.153. The van der Waals surface area contributed by atoms with E-state index < -0.39 is 29.3 Å². The van der Waals surface area contributed by atoms with Crippen LogP contribution in [0.4, 0.5) is 8.78 Å². The van der Waals surface area contributed by atoms with Gasteiger partial charge in [-0.15, -0.1) is 0 Å². The Balaban J connectivity index is 3.32. The van der Waals surface area contributed by atoms with Crippen molar-refractivity contribution in [2.24, 2.45) is 5.41 Å². The molecule has 0 saturated carbocycles. The molecule has 1 aromatic rings. The summed E-state index contributed by atoms with van der Waals surface area (Å²) in [6.07, 6.45) is -0.881. The lowest BCUT2D eigenvalue weighted by Gasteiger charge is -2.27. The first-order chi connectivity index (χ1) is 9.56. The van der Waals surface area contributed by atoms with Crippen LogP contribution in [0.3, 0.4) is 0 Å². The highest BCUT2D eigenvalue weighted by molar-refractivity contribution is 6.33. The molecule has 0 aliphatic rings. The number of carbonyl (C=O) groups is 1. The van der Waals surface area contributed by atoms with E-state index in [0.717, 1.165) is 6.07 Å². The van der Waals surface area contributed by atoms with E-state index in [1.165, 1.54) is 34.1 Å². The van der Waals surface area contributed by atoms with Crippen LogP contribution in [0.1, 0.15) is 25.8 Å². The maximum atomic E-state index is 14.4. The number of halogens is 3. The number of alkyl halides is 2. The van der Waals surface area contributed by atoms with Gasteiger partial charge < -0.3 is 14.6 Å². The molecule has 0 radical (unpaired) electrons. The van der Waals surface area contributed by atoms with E-state index >= 15 is 0 Å². The summed E-state index contributed by atoms with van der Waals surface area (Å²) < 4.78 is 38.7. The van der Waals surface area contributed by atoms with Gasteiger partial charge in [-0.05, 0) is 26.0 Å². The zero-order valence-corrected chi connectivity index (χ0v) is 12.9. The van der Waals surface area contributed by atoms with Crippen molar-refractivity contribution >= 4 is 17.6 Å². The monoisotopic (exact) mass is 322 g/mol. The fraction of sp³-hybridized carbons (Fsp3) is 0.500. The average molecular weight is 323 g/mol. The first-order valence-electron chi connectivity index (χ1n) is 6.09. The quantitative estimate of drug-likeness (QED) is 0.861. The van der Waals surface area contributed by atoms with Gasteiger partial charge in [0.2, 0.25) is 0 Å². The summed E-state index contributed by atoms with van der Waals surface area (Å²) in [6.45, 7) is 2.47. The number of aliphatic carboxylic acids is 1. The first kappa shape index (κ1) is 17.5. The van der Waals surface area contributed by atoms with Gasteiger partial charge in [-0.2, -0.15) is 0 Å². The Morgan fingerprint density at radius 2 is 1.86 bits per heavy atom. The van der Waals surface area contributed by atoms with Gasteiger partial charge in [0, 0.05) is 6.42 Å². The van der Waals surface area contributed by atoms with Crippen LogP contribution < -0.4 is 9.47 Å². The number of rotatable bonds is 6. The average Bonchev–Trinajstić information content (AvgIpc) is 2.36. The van der Waals surface area contributed by atoms with Crippen molar-refractivity contribution < 1.29 is 28.2 Å². The fourth-order valence-electron chi connectivity index (χ4n) is 1.91. The van der Waals surface area contributed by atoms with Crippen LogP contribution in [0.5, 0.6) is 11.5 Å². The van der Waals surface area contributed by atoms with Crippen LogP contribution in [0.15, 0.2) is 12.1 Å². The zero-order valence-electron chi connectivity index (χ0n) is 12.2. The van der Waals surface area contributed by atoms with Crippen LogP contribution in [-0.2, 0) is 10.7 Å². The number of carboxylic acids is 1. The molecule has 0 aliphatic heterocycles. The molecule has 0 spiro atoms. The number of hydrogen-bond acceptors (Lipinski definition) is 3. The fourth-order valence-corrected chi connectivity index (χ4v) is 2.23. The summed E-state index contributed by atoms with van der Waals surface area (Å²) in [5.74, 6) is -4.74. The van der Waals surface area contributed by atoms with E-state index in [1.807, 2.05) is 0 Å². The molecule has 118 valence electrons. The van der Waals surface area contributed by atoms with E-state index in [2.05, 4.69) is 0 Å². The summed E-state index contributed by atoms with van der Waals surface area (Å²) >= 11 is 5.95. The molecule has 0 fully saturated rings. The van der Waals surface area contributed by atoms with E-state index in [9.17, 15) is 13.6 Å². The van der Waals surface area contributed by atoms with Crippen molar-refractivity contribution in [1.29, 1.82) is 0 Å². The summed E-state index contributed by atoms with van der Waals surface area (Å²) in [6, 6.07) is 2.42. The second-order valence-corrected chi connectivity index (χ2v) is 5.61. The highest BCUT2D eigenvalue weighted by atomic mass is 35.5. The molecule has 0 aromatic heterocycles. The van der Waals surface area contributed by atoms with Gasteiger partial charge in [0.1, 0.15) is 16.5 Å². The van der Waals surface area contributed by atoms with Crippen LogP contribution in [0.25, 0.3) is 0 Å². The molecule has 0 heterocycles. The van der Waals surface area contributed by atoms with E-state index in [1.54, 1.807) is 0 Å². The molecular formula is C14H17ClF2O4. The summed E-state index contributed by atoms with van der Waals surface area (Å²) in [4.78, 5) is 11.0. The molecule has 4 nitrogen and oxygen atoms in total. The minimum atomic E-state index is -3.41. The standard InChI is InChI=1S/C14H17ClF2O4/c1-13(2,12(18)19)7-14(16,17)8-5-6-9(20-3)10(15)11(8)21-4/h5-6H,7H2,1-4H3,(H,18,19). The van der Waals surface area contributed by atoms with Crippen LogP contribution in [-0.4, -0.2) is 25.3 Å². The van der Waals surface area contributed by atoms with Crippen LogP contribution >= 0.6 is 11.6 Å². The predicted octanol–water partition coefficient (Wildman–Crippen LogP) is 3.95. The van der Waals surface area contributed by atoms with Gasteiger partial charge in [-0.25, -0.2) is 8.78 Å². The largest absolute Gasteiger partial charge is 0.495 e. The SMILES string of the molecule is COc1ccc(C(F)(F)CC(C)(C)C(=O)O)c(OC)c1Cl. The molecule has 1 aromatic carbocycles. The van der Waals surface area contributed by atoms with Crippen molar-refractivity contribution in [2.75, 3.05) is 14.2 Å². The van der Waals surface area contributed by atoms with Crippen molar-refractivity contribution in [3.05, 3.63) is 22.7 Å². The third-order valence-corrected chi connectivity index (χ3v) is 3.48. The Morgan fingerprint density at radius 1 is 1.29 bits per heavy atom. The minimum Gasteiger partial charge on any atom is -0.495 e. The number of methoxy groups -OCH3 is 2. The Bertz CT molecular complexity index is 544. The molecular weight excluding hydrogens is 306 g/mol. The van der Waals surface area contributed by atoms with Crippen molar-refractivity contribution in [1.82, 2.24) is 0 Å². The van der Waals surface area contributed by atoms with Gasteiger partial charge in [0.05, 0.1) is 25.2 Å². The molecule has 7 heteroatoms. The molecule has 21 heavy (non-hydrogen) atoms. The van der Waals surface area contributed by atoms with E-state index in [0.29, 0.717) is 0 Å².